The minimum absolute atomic E-state index is 0.0243. The van der Waals surface area contributed by atoms with E-state index in [0.29, 0.717) is 42.3 Å². The van der Waals surface area contributed by atoms with Gasteiger partial charge in [-0.15, -0.1) is 0 Å². The molecule has 3 rings (SSSR count). The van der Waals surface area contributed by atoms with Gasteiger partial charge in [0.25, 0.3) is 0 Å². The van der Waals surface area contributed by atoms with E-state index in [1.54, 1.807) is 14.2 Å². The molecule has 1 aromatic carbocycles. The Balaban J connectivity index is 0.000000572. The number of nitrogens with two attached hydrogens (primary N) is 1. The summed E-state index contributed by atoms with van der Waals surface area (Å²) in [7, 11) is 3.26. The van der Waals surface area contributed by atoms with Crippen molar-refractivity contribution in [2.24, 2.45) is 0 Å². The SMILES string of the molecule is CNC(=O)CCc1c(C)c(Cl)cc(CCn2nc(C)c3c(N)ncnc32)c1OC.O=C(O)C(F)(F)F. The first kappa shape index (κ1) is 28.6. The Morgan fingerprint density at radius 2 is 1.89 bits per heavy atom. The lowest BCUT2D eigenvalue weighted by Gasteiger charge is -2.18. The van der Waals surface area contributed by atoms with Crippen LogP contribution in [0.1, 0.15) is 28.8 Å². The molecule has 0 radical (unpaired) electrons. The van der Waals surface area contributed by atoms with Crippen LogP contribution in [-0.4, -0.2) is 57.1 Å². The number of nitrogens with one attached hydrogen (secondary N) is 1. The van der Waals surface area contributed by atoms with E-state index in [2.05, 4.69) is 20.4 Å². The van der Waals surface area contributed by atoms with Crippen LogP contribution in [0, 0.1) is 13.8 Å². The van der Waals surface area contributed by atoms with E-state index >= 15 is 0 Å². The molecule has 0 aliphatic carbocycles. The van der Waals surface area contributed by atoms with Gasteiger partial charge >= 0.3 is 12.1 Å². The highest BCUT2D eigenvalue weighted by atomic mass is 35.5. The number of nitrogen functional groups attached to an aromatic ring is 1. The van der Waals surface area contributed by atoms with Gasteiger partial charge in [0, 0.05) is 25.0 Å². The van der Waals surface area contributed by atoms with Crippen molar-refractivity contribution in [1.29, 1.82) is 0 Å². The van der Waals surface area contributed by atoms with Gasteiger partial charge in [0.1, 0.15) is 17.9 Å². The lowest BCUT2D eigenvalue weighted by Crippen LogP contribution is -2.21. The first-order valence-electron chi connectivity index (χ1n) is 10.6. The van der Waals surface area contributed by atoms with Gasteiger partial charge in [-0.25, -0.2) is 19.4 Å². The molecule has 0 spiro atoms. The Morgan fingerprint density at radius 3 is 2.44 bits per heavy atom. The van der Waals surface area contributed by atoms with Crippen molar-refractivity contribution in [3.05, 3.63) is 39.8 Å². The summed E-state index contributed by atoms with van der Waals surface area (Å²) in [5.41, 5.74) is 10.3. The van der Waals surface area contributed by atoms with Crippen molar-refractivity contribution < 1.29 is 32.6 Å². The third kappa shape index (κ3) is 6.74. The number of nitrogens with zero attached hydrogens (tertiary/aromatic N) is 4. The molecule has 2 heterocycles. The van der Waals surface area contributed by atoms with Crippen molar-refractivity contribution in [2.45, 2.75) is 45.8 Å². The fourth-order valence-electron chi connectivity index (χ4n) is 3.53. The van der Waals surface area contributed by atoms with E-state index in [9.17, 15) is 18.0 Å². The van der Waals surface area contributed by atoms with Crippen LogP contribution >= 0.6 is 11.6 Å². The number of rotatable bonds is 7. The number of anilines is 1. The minimum Gasteiger partial charge on any atom is -0.496 e. The molecular formula is C22H26ClF3N6O4. The Labute approximate surface area is 209 Å². The molecule has 0 fully saturated rings. The second-order valence-electron chi connectivity index (χ2n) is 7.65. The second kappa shape index (κ2) is 11.9. The molecule has 36 heavy (non-hydrogen) atoms. The molecule has 0 unspecified atom stereocenters. The van der Waals surface area contributed by atoms with Gasteiger partial charge in [-0.2, -0.15) is 18.3 Å². The molecule has 10 nitrogen and oxygen atoms in total. The van der Waals surface area contributed by atoms with Crippen LogP contribution in [0.25, 0.3) is 11.0 Å². The first-order valence-corrected chi connectivity index (χ1v) is 11.0. The maximum Gasteiger partial charge on any atom is 0.490 e. The average Bonchev–Trinajstić information content (AvgIpc) is 3.14. The largest absolute Gasteiger partial charge is 0.496 e. The third-order valence-electron chi connectivity index (χ3n) is 5.33. The number of ether oxygens (including phenoxy) is 1. The number of carboxylic acids is 1. The molecule has 0 aliphatic rings. The van der Waals surface area contributed by atoms with Crippen LogP contribution in [0.5, 0.6) is 5.75 Å². The lowest BCUT2D eigenvalue weighted by molar-refractivity contribution is -0.192. The zero-order valence-electron chi connectivity index (χ0n) is 20.0. The molecule has 0 saturated carbocycles. The maximum absolute atomic E-state index is 11.7. The molecular weight excluding hydrogens is 505 g/mol. The predicted octanol–water partition coefficient (Wildman–Crippen LogP) is 3.24. The number of amides is 1. The molecule has 0 saturated heterocycles. The van der Waals surface area contributed by atoms with Gasteiger partial charge in [0.2, 0.25) is 5.91 Å². The van der Waals surface area contributed by atoms with Crippen LogP contribution < -0.4 is 15.8 Å². The number of halogens is 4. The monoisotopic (exact) mass is 530 g/mol. The van der Waals surface area contributed by atoms with Crippen LogP contribution in [0.2, 0.25) is 5.02 Å². The highest BCUT2D eigenvalue weighted by molar-refractivity contribution is 6.31. The van der Waals surface area contributed by atoms with Crippen molar-refractivity contribution in [3.8, 4) is 5.75 Å². The van der Waals surface area contributed by atoms with Gasteiger partial charge < -0.3 is 20.9 Å². The smallest absolute Gasteiger partial charge is 0.490 e. The number of aliphatic carboxylic acids is 1. The molecule has 196 valence electrons. The number of hydrogen-bond donors (Lipinski definition) is 3. The Morgan fingerprint density at radius 1 is 1.25 bits per heavy atom. The number of fused-ring (bicyclic) bond motifs is 1. The zero-order valence-corrected chi connectivity index (χ0v) is 20.8. The number of carbonyl (C=O) groups excluding carboxylic acids is 1. The summed E-state index contributed by atoms with van der Waals surface area (Å²) in [6.07, 6.45) is -2.09. The fourth-order valence-corrected chi connectivity index (χ4v) is 3.78. The van der Waals surface area contributed by atoms with Crippen LogP contribution in [0.15, 0.2) is 12.4 Å². The number of carboxylic acid groups (broad SMARTS) is 1. The number of carbonyl (C=O) groups is 2. The standard InChI is InChI=1S/C20H25ClN6O2.C2HF3O2/c1-11-14(5-6-16(28)23-3)18(29-4)13(9-15(11)21)7-8-27-20-17(12(2)26-27)19(22)24-10-25-20;3-2(4,5)1(6)7/h9-10H,5-8H2,1-4H3,(H,23,28)(H2,22,24,25);(H,6,7). The van der Waals surface area contributed by atoms with E-state index in [4.69, 9.17) is 32.0 Å². The predicted molar refractivity (Wildman–Crippen MR) is 127 cm³/mol. The van der Waals surface area contributed by atoms with Crippen molar-refractivity contribution in [3.63, 3.8) is 0 Å². The van der Waals surface area contributed by atoms with Gasteiger partial charge in [0.05, 0.1) is 18.2 Å². The van der Waals surface area contributed by atoms with Gasteiger partial charge in [-0.05, 0) is 49.4 Å². The van der Waals surface area contributed by atoms with E-state index in [-0.39, 0.29) is 5.91 Å². The quantitative estimate of drug-likeness (QED) is 0.422. The van der Waals surface area contributed by atoms with Gasteiger partial charge in [-0.1, -0.05) is 11.6 Å². The average molecular weight is 531 g/mol. The molecule has 0 aliphatic heterocycles. The van der Waals surface area contributed by atoms with Crippen LogP contribution in [0.3, 0.4) is 0 Å². The second-order valence-corrected chi connectivity index (χ2v) is 8.05. The molecule has 1 amide bonds. The number of alkyl halides is 3. The first-order chi connectivity index (χ1) is 16.8. The van der Waals surface area contributed by atoms with Crippen molar-refractivity contribution in [2.75, 3.05) is 19.9 Å². The van der Waals surface area contributed by atoms with E-state index in [1.165, 1.54) is 6.33 Å². The highest BCUT2D eigenvalue weighted by Gasteiger charge is 2.38. The number of aryl methyl sites for hydroxylation is 3. The van der Waals surface area contributed by atoms with E-state index in [0.717, 1.165) is 33.5 Å². The number of aromatic nitrogens is 4. The van der Waals surface area contributed by atoms with E-state index in [1.807, 2.05) is 24.6 Å². The summed E-state index contributed by atoms with van der Waals surface area (Å²) >= 11 is 6.48. The summed E-state index contributed by atoms with van der Waals surface area (Å²) in [5, 5.41) is 15.8. The third-order valence-corrected chi connectivity index (χ3v) is 5.72. The number of benzene rings is 1. The topological polar surface area (TPSA) is 145 Å². The Bertz CT molecular complexity index is 1260. The van der Waals surface area contributed by atoms with Crippen molar-refractivity contribution in [1.82, 2.24) is 25.1 Å². The molecule has 4 N–H and O–H groups in total. The van der Waals surface area contributed by atoms with E-state index < -0.39 is 12.1 Å². The summed E-state index contributed by atoms with van der Waals surface area (Å²) in [6.45, 7) is 4.40. The summed E-state index contributed by atoms with van der Waals surface area (Å²) in [6, 6.07) is 1.92. The number of hydrogen-bond acceptors (Lipinski definition) is 7. The van der Waals surface area contributed by atoms with Crippen LogP contribution in [0.4, 0.5) is 19.0 Å². The Hall–Kier alpha value is -3.61. The molecule has 3 aromatic rings. The zero-order chi connectivity index (χ0) is 27.2. The van der Waals surface area contributed by atoms with Gasteiger partial charge in [-0.3, -0.25) is 4.79 Å². The lowest BCUT2D eigenvalue weighted by atomic mass is 9.97. The molecule has 0 atom stereocenters. The minimum atomic E-state index is -5.08. The van der Waals surface area contributed by atoms with Gasteiger partial charge in [0.15, 0.2) is 5.65 Å². The Kier molecular flexibility index (Phi) is 9.45. The summed E-state index contributed by atoms with van der Waals surface area (Å²) < 4.78 is 39.3. The fraction of sp³-hybridized carbons (Fsp3) is 0.409. The highest BCUT2D eigenvalue weighted by Crippen LogP contribution is 2.34. The van der Waals surface area contributed by atoms with Crippen LogP contribution in [-0.2, 0) is 29.0 Å². The maximum atomic E-state index is 11.7. The summed E-state index contributed by atoms with van der Waals surface area (Å²) in [4.78, 5) is 29.0. The van der Waals surface area contributed by atoms with Crippen molar-refractivity contribution >= 4 is 40.3 Å². The molecule has 2 aromatic heterocycles. The summed E-state index contributed by atoms with van der Waals surface area (Å²) in [5.74, 6) is -1.60. The molecule has 0 bridgehead atoms. The number of methoxy groups -OCH3 is 1. The normalized spacial score (nSPS) is 11.1. The molecule has 14 heteroatoms.